The summed E-state index contributed by atoms with van der Waals surface area (Å²) in [7, 11) is 0. The van der Waals surface area contributed by atoms with Gasteiger partial charge in [0.2, 0.25) is 0 Å². The van der Waals surface area contributed by atoms with Crippen LogP contribution in [-0.2, 0) is 4.79 Å². The molecule has 0 unspecified atom stereocenters. The van der Waals surface area contributed by atoms with Crippen LogP contribution in [0.5, 0.6) is 0 Å². The molecule has 2 heteroatoms. The van der Waals surface area contributed by atoms with Gasteiger partial charge in [-0.1, -0.05) is 44.2 Å². The Labute approximate surface area is 103 Å². The van der Waals surface area contributed by atoms with E-state index in [-0.39, 0.29) is 17.6 Å². The SMILES string of the molecule is C[C@@H]1CC(=O)[C@@H]([C@@H](O)c2ccccc2)[C@H](C)C1. The molecular weight excluding hydrogens is 212 g/mol. The highest BCUT2D eigenvalue weighted by Crippen LogP contribution is 2.38. The Morgan fingerprint density at radius 3 is 2.47 bits per heavy atom. The van der Waals surface area contributed by atoms with Crippen LogP contribution >= 0.6 is 0 Å². The highest BCUT2D eigenvalue weighted by Gasteiger charge is 2.37. The van der Waals surface area contributed by atoms with Crippen LogP contribution in [0.2, 0.25) is 0 Å². The number of hydrogen-bond acceptors (Lipinski definition) is 2. The number of Topliss-reactive ketones (excluding diaryl/α,β-unsaturated/α-hetero) is 1. The highest BCUT2D eigenvalue weighted by atomic mass is 16.3. The average molecular weight is 232 g/mol. The Morgan fingerprint density at radius 1 is 1.24 bits per heavy atom. The van der Waals surface area contributed by atoms with Gasteiger partial charge in [0.1, 0.15) is 5.78 Å². The Morgan fingerprint density at radius 2 is 1.88 bits per heavy atom. The Bertz CT molecular complexity index is 385. The van der Waals surface area contributed by atoms with Crippen molar-refractivity contribution in [3.63, 3.8) is 0 Å². The van der Waals surface area contributed by atoms with Gasteiger partial charge in [-0.25, -0.2) is 0 Å². The molecule has 1 N–H and O–H groups in total. The molecule has 17 heavy (non-hydrogen) atoms. The second-order valence-electron chi connectivity index (χ2n) is 5.37. The molecule has 0 aromatic heterocycles. The van der Waals surface area contributed by atoms with Gasteiger partial charge in [-0.2, -0.15) is 0 Å². The molecule has 0 saturated heterocycles. The molecule has 92 valence electrons. The fourth-order valence-corrected chi connectivity index (χ4v) is 3.01. The molecular formula is C15H20O2. The molecule has 1 aliphatic rings. The lowest BCUT2D eigenvalue weighted by molar-refractivity contribution is -0.133. The average Bonchev–Trinajstić information content (AvgIpc) is 2.28. The monoisotopic (exact) mass is 232 g/mol. The molecule has 1 aromatic rings. The second kappa shape index (κ2) is 5.01. The van der Waals surface area contributed by atoms with Crippen LogP contribution in [0.15, 0.2) is 30.3 Å². The third-order valence-corrected chi connectivity index (χ3v) is 3.79. The smallest absolute Gasteiger partial charge is 0.139 e. The number of benzene rings is 1. The van der Waals surface area contributed by atoms with Crippen LogP contribution in [0.4, 0.5) is 0 Å². The van der Waals surface area contributed by atoms with Gasteiger partial charge in [-0.05, 0) is 23.8 Å². The summed E-state index contributed by atoms with van der Waals surface area (Å²) in [5.74, 6) is 0.708. The van der Waals surface area contributed by atoms with E-state index < -0.39 is 6.10 Å². The first-order valence-electron chi connectivity index (χ1n) is 6.35. The van der Waals surface area contributed by atoms with E-state index >= 15 is 0 Å². The van der Waals surface area contributed by atoms with Crippen molar-refractivity contribution in [3.8, 4) is 0 Å². The number of carbonyl (C=O) groups is 1. The van der Waals surface area contributed by atoms with Gasteiger partial charge in [-0.3, -0.25) is 4.79 Å². The maximum absolute atomic E-state index is 12.1. The van der Waals surface area contributed by atoms with Gasteiger partial charge in [0.05, 0.1) is 12.0 Å². The molecule has 0 spiro atoms. The zero-order valence-electron chi connectivity index (χ0n) is 10.5. The van der Waals surface area contributed by atoms with Crippen LogP contribution in [0.1, 0.15) is 38.4 Å². The quantitative estimate of drug-likeness (QED) is 0.851. The number of aliphatic hydroxyl groups excluding tert-OH is 1. The summed E-state index contributed by atoms with van der Waals surface area (Å²) in [5, 5.41) is 10.4. The summed E-state index contributed by atoms with van der Waals surface area (Å²) in [5.41, 5.74) is 0.854. The fraction of sp³-hybridized carbons (Fsp3) is 0.533. The van der Waals surface area contributed by atoms with Gasteiger partial charge < -0.3 is 5.11 Å². The molecule has 2 nitrogen and oxygen atoms in total. The zero-order valence-corrected chi connectivity index (χ0v) is 10.5. The molecule has 0 radical (unpaired) electrons. The van der Waals surface area contributed by atoms with E-state index in [0.717, 1.165) is 12.0 Å². The highest BCUT2D eigenvalue weighted by molar-refractivity contribution is 5.83. The van der Waals surface area contributed by atoms with Gasteiger partial charge in [-0.15, -0.1) is 0 Å². The molecule has 1 fully saturated rings. The van der Waals surface area contributed by atoms with Crippen molar-refractivity contribution in [3.05, 3.63) is 35.9 Å². The third kappa shape index (κ3) is 2.58. The standard InChI is InChI=1S/C15H20O2/c1-10-8-11(2)14(13(16)9-10)15(17)12-6-4-3-5-7-12/h3-7,10-11,14-15,17H,8-9H2,1-2H3/t10-,11+,14-,15-/m0/s1. The minimum Gasteiger partial charge on any atom is -0.388 e. The first-order valence-corrected chi connectivity index (χ1v) is 6.35. The summed E-state index contributed by atoms with van der Waals surface area (Å²) < 4.78 is 0. The zero-order chi connectivity index (χ0) is 12.4. The maximum Gasteiger partial charge on any atom is 0.139 e. The predicted octanol–water partition coefficient (Wildman–Crippen LogP) is 2.97. The Kier molecular flexibility index (Phi) is 3.63. The summed E-state index contributed by atoms with van der Waals surface area (Å²) in [6, 6.07) is 9.51. The molecule has 4 atom stereocenters. The fourth-order valence-electron chi connectivity index (χ4n) is 3.01. The van der Waals surface area contributed by atoms with Crippen molar-refractivity contribution >= 4 is 5.78 Å². The number of rotatable bonds is 2. The summed E-state index contributed by atoms with van der Waals surface area (Å²) >= 11 is 0. The number of aliphatic hydroxyl groups is 1. The number of ketones is 1. The van der Waals surface area contributed by atoms with Gasteiger partial charge in [0.25, 0.3) is 0 Å². The van der Waals surface area contributed by atoms with Crippen LogP contribution in [0.3, 0.4) is 0 Å². The molecule has 1 aromatic carbocycles. The van der Waals surface area contributed by atoms with E-state index in [1.54, 1.807) is 0 Å². The van der Waals surface area contributed by atoms with E-state index in [9.17, 15) is 9.90 Å². The maximum atomic E-state index is 12.1. The molecule has 0 bridgehead atoms. The van der Waals surface area contributed by atoms with Crippen LogP contribution < -0.4 is 0 Å². The molecule has 0 amide bonds. The van der Waals surface area contributed by atoms with Crippen LogP contribution in [0.25, 0.3) is 0 Å². The van der Waals surface area contributed by atoms with E-state index in [4.69, 9.17) is 0 Å². The van der Waals surface area contributed by atoms with E-state index in [0.29, 0.717) is 12.3 Å². The summed E-state index contributed by atoms with van der Waals surface area (Å²) in [4.78, 5) is 12.1. The third-order valence-electron chi connectivity index (χ3n) is 3.79. The Balaban J connectivity index is 2.19. The molecule has 2 rings (SSSR count). The lowest BCUT2D eigenvalue weighted by atomic mass is 9.71. The molecule has 0 heterocycles. The van der Waals surface area contributed by atoms with Crippen LogP contribution in [-0.4, -0.2) is 10.9 Å². The molecule has 1 aliphatic carbocycles. The second-order valence-corrected chi connectivity index (χ2v) is 5.37. The number of hydrogen-bond donors (Lipinski definition) is 1. The van der Waals surface area contributed by atoms with Crippen molar-refractivity contribution < 1.29 is 9.90 Å². The molecule has 0 aliphatic heterocycles. The normalized spacial score (nSPS) is 31.2. The van der Waals surface area contributed by atoms with Gasteiger partial charge in [0, 0.05) is 6.42 Å². The van der Waals surface area contributed by atoms with E-state index in [2.05, 4.69) is 13.8 Å². The summed E-state index contributed by atoms with van der Waals surface area (Å²) in [6.45, 7) is 4.18. The summed E-state index contributed by atoms with van der Waals surface area (Å²) in [6.07, 6.45) is 0.991. The van der Waals surface area contributed by atoms with Gasteiger partial charge in [0.15, 0.2) is 0 Å². The minimum absolute atomic E-state index is 0.215. The largest absolute Gasteiger partial charge is 0.388 e. The van der Waals surface area contributed by atoms with Crippen molar-refractivity contribution in [2.75, 3.05) is 0 Å². The van der Waals surface area contributed by atoms with Gasteiger partial charge >= 0.3 is 0 Å². The predicted molar refractivity (Wildman–Crippen MR) is 67.5 cm³/mol. The van der Waals surface area contributed by atoms with Crippen molar-refractivity contribution in [2.45, 2.75) is 32.8 Å². The topological polar surface area (TPSA) is 37.3 Å². The van der Waals surface area contributed by atoms with E-state index in [1.807, 2.05) is 30.3 Å². The Hall–Kier alpha value is -1.15. The minimum atomic E-state index is -0.647. The van der Waals surface area contributed by atoms with Crippen molar-refractivity contribution in [1.29, 1.82) is 0 Å². The van der Waals surface area contributed by atoms with Crippen molar-refractivity contribution in [2.24, 2.45) is 17.8 Å². The van der Waals surface area contributed by atoms with E-state index in [1.165, 1.54) is 0 Å². The molecule has 1 saturated carbocycles. The first-order chi connectivity index (χ1) is 8.09. The van der Waals surface area contributed by atoms with Crippen LogP contribution in [0, 0.1) is 17.8 Å². The number of carbonyl (C=O) groups excluding carboxylic acids is 1. The lowest BCUT2D eigenvalue weighted by Gasteiger charge is -2.34. The first kappa shape index (κ1) is 12.3. The lowest BCUT2D eigenvalue weighted by Crippen LogP contribution is -2.35. The van der Waals surface area contributed by atoms with Crippen molar-refractivity contribution in [1.82, 2.24) is 0 Å².